The average molecular weight is 426 g/mol. The molecule has 11 heteroatoms. The van der Waals surface area contributed by atoms with Crippen LogP contribution in [0.5, 0.6) is 0 Å². The molecule has 29 heavy (non-hydrogen) atoms. The van der Waals surface area contributed by atoms with Gasteiger partial charge in [-0.15, -0.1) is 5.10 Å². The molecule has 2 aromatic heterocycles. The summed E-state index contributed by atoms with van der Waals surface area (Å²) in [5.41, 5.74) is 6.06. The first-order valence-electron chi connectivity index (χ1n) is 8.24. The summed E-state index contributed by atoms with van der Waals surface area (Å²) in [6.07, 6.45) is -0.654. The Kier molecular flexibility index (Phi) is 5.38. The molecule has 0 aliphatic heterocycles. The molecule has 0 aliphatic carbocycles. The van der Waals surface area contributed by atoms with E-state index >= 15 is 0 Å². The van der Waals surface area contributed by atoms with E-state index in [4.69, 9.17) is 22.4 Å². The van der Waals surface area contributed by atoms with Crippen molar-refractivity contribution in [2.75, 3.05) is 11.1 Å². The van der Waals surface area contributed by atoms with Crippen LogP contribution in [0.1, 0.15) is 29.7 Å². The topological polar surface area (TPSA) is 106 Å². The van der Waals surface area contributed by atoms with Gasteiger partial charge in [0, 0.05) is 18.0 Å². The third-order valence-electron chi connectivity index (χ3n) is 4.04. The van der Waals surface area contributed by atoms with Gasteiger partial charge in [0.1, 0.15) is 5.52 Å². The van der Waals surface area contributed by atoms with Crippen molar-refractivity contribution < 1.29 is 23.1 Å². The molecule has 0 bridgehead atoms. The summed E-state index contributed by atoms with van der Waals surface area (Å²) in [7, 11) is 0. The van der Waals surface area contributed by atoms with Gasteiger partial charge >= 0.3 is 12.1 Å². The zero-order valence-corrected chi connectivity index (χ0v) is 15.7. The number of carbonyl (C=O) groups is 1. The SMILES string of the molecule is C[C@@H](Nc1nc(Cl)nn2cc(/C=C/C(=O)O)cc12)c1cc(N)cc(C(F)(F)F)c1. The first-order chi connectivity index (χ1) is 13.5. The van der Waals surface area contributed by atoms with E-state index in [1.54, 1.807) is 19.2 Å². The fourth-order valence-corrected chi connectivity index (χ4v) is 2.90. The molecule has 3 aromatic rings. The summed E-state index contributed by atoms with van der Waals surface area (Å²) in [6.45, 7) is 1.65. The van der Waals surface area contributed by atoms with Crippen molar-refractivity contribution in [1.29, 1.82) is 0 Å². The van der Waals surface area contributed by atoms with Crippen LogP contribution < -0.4 is 11.1 Å². The zero-order chi connectivity index (χ0) is 21.3. The van der Waals surface area contributed by atoms with Gasteiger partial charge in [0.15, 0.2) is 5.82 Å². The second-order valence-electron chi connectivity index (χ2n) is 6.26. The van der Waals surface area contributed by atoms with E-state index in [0.29, 0.717) is 16.6 Å². The Morgan fingerprint density at radius 2 is 2.07 bits per heavy atom. The molecule has 0 radical (unpaired) electrons. The van der Waals surface area contributed by atoms with Crippen LogP contribution >= 0.6 is 11.6 Å². The normalized spacial score (nSPS) is 13.1. The molecule has 1 atom stereocenters. The summed E-state index contributed by atoms with van der Waals surface area (Å²) >= 11 is 5.94. The Morgan fingerprint density at radius 3 is 2.72 bits per heavy atom. The summed E-state index contributed by atoms with van der Waals surface area (Å²) in [6, 6.07) is 4.33. The van der Waals surface area contributed by atoms with Gasteiger partial charge in [-0.2, -0.15) is 18.2 Å². The number of carboxylic acid groups (broad SMARTS) is 1. The fraction of sp³-hybridized carbons (Fsp3) is 0.167. The number of hydrogen-bond donors (Lipinski definition) is 3. The lowest BCUT2D eigenvalue weighted by atomic mass is 10.0. The Balaban J connectivity index is 1.97. The van der Waals surface area contributed by atoms with Crippen LogP contribution in [0.15, 0.2) is 36.5 Å². The number of halogens is 4. The maximum absolute atomic E-state index is 13.1. The summed E-state index contributed by atoms with van der Waals surface area (Å²) in [5.74, 6) is -0.845. The van der Waals surface area contributed by atoms with Crippen molar-refractivity contribution in [3.8, 4) is 0 Å². The third kappa shape index (κ3) is 4.77. The lowest BCUT2D eigenvalue weighted by Gasteiger charge is -2.18. The number of benzene rings is 1. The van der Waals surface area contributed by atoms with Crippen molar-refractivity contribution in [1.82, 2.24) is 14.6 Å². The molecule has 2 heterocycles. The predicted octanol–water partition coefficient (Wildman–Crippen LogP) is 4.25. The van der Waals surface area contributed by atoms with Crippen LogP contribution in [0.4, 0.5) is 24.7 Å². The molecule has 0 fully saturated rings. The van der Waals surface area contributed by atoms with Crippen molar-refractivity contribution in [2.45, 2.75) is 19.1 Å². The number of aromatic nitrogens is 3. The van der Waals surface area contributed by atoms with Crippen molar-refractivity contribution >= 4 is 40.7 Å². The highest BCUT2D eigenvalue weighted by Gasteiger charge is 2.31. The van der Waals surface area contributed by atoms with Crippen LogP contribution in [0.25, 0.3) is 11.6 Å². The Labute approximate surface area is 167 Å². The molecule has 0 aliphatic rings. The molecule has 0 unspecified atom stereocenters. The number of nitrogens with one attached hydrogen (secondary N) is 1. The van der Waals surface area contributed by atoms with Crippen molar-refractivity contribution in [2.24, 2.45) is 0 Å². The largest absolute Gasteiger partial charge is 0.478 e. The van der Waals surface area contributed by atoms with Gasteiger partial charge in [-0.25, -0.2) is 9.31 Å². The minimum absolute atomic E-state index is 0.0156. The number of alkyl halides is 3. The minimum atomic E-state index is -4.53. The van der Waals surface area contributed by atoms with Gasteiger partial charge in [-0.3, -0.25) is 0 Å². The summed E-state index contributed by atoms with van der Waals surface area (Å²) in [5, 5.41) is 15.7. The maximum atomic E-state index is 13.1. The number of rotatable bonds is 5. The molecule has 0 saturated heterocycles. The first kappa shape index (κ1) is 20.5. The molecule has 1 aromatic carbocycles. The molecule has 0 saturated carbocycles. The first-order valence-corrected chi connectivity index (χ1v) is 8.62. The molecule has 7 nitrogen and oxygen atoms in total. The van der Waals surface area contributed by atoms with Crippen LogP contribution in [0.3, 0.4) is 0 Å². The summed E-state index contributed by atoms with van der Waals surface area (Å²) in [4.78, 5) is 14.8. The van der Waals surface area contributed by atoms with E-state index in [9.17, 15) is 18.0 Å². The minimum Gasteiger partial charge on any atom is -0.478 e. The van der Waals surface area contributed by atoms with E-state index < -0.39 is 23.8 Å². The van der Waals surface area contributed by atoms with Crippen molar-refractivity contribution in [3.05, 3.63) is 58.5 Å². The fourth-order valence-electron chi connectivity index (χ4n) is 2.74. The standard InChI is InChI=1S/C18H15ClF3N5O2/c1-9(11-5-12(18(20,21)22)7-13(23)6-11)24-16-14-4-10(2-3-15(28)29)8-27(14)26-17(19)25-16/h2-9H,23H2,1H3,(H,28,29)(H,24,25,26)/b3-2+/t9-/m1/s1. The molecule has 0 spiro atoms. The van der Waals surface area contributed by atoms with Gasteiger partial charge in [-0.1, -0.05) is 0 Å². The van der Waals surface area contributed by atoms with E-state index in [1.807, 2.05) is 0 Å². The summed E-state index contributed by atoms with van der Waals surface area (Å²) < 4.78 is 40.6. The smallest absolute Gasteiger partial charge is 0.416 e. The Morgan fingerprint density at radius 1 is 1.34 bits per heavy atom. The van der Waals surface area contributed by atoms with Gasteiger partial charge < -0.3 is 16.2 Å². The second-order valence-corrected chi connectivity index (χ2v) is 6.59. The highest BCUT2D eigenvalue weighted by molar-refractivity contribution is 6.28. The van der Waals surface area contributed by atoms with E-state index in [0.717, 1.165) is 18.2 Å². The van der Waals surface area contributed by atoms with Crippen molar-refractivity contribution in [3.63, 3.8) is 0 Å². The number of nitrogens with zero attached hydrogens (tertiary/aromatic N) is 3. The van der Waals surface area contributed by atoms with Gasteiger partial charge in [0.2, 0.25) is 5.28 Å². The van der Waals surface area contributed by atoms with Crippen LogP contribution in [-0.4, -0.2) is 25.7 Å². The maximum Gasteiger partial charge on any atom is 0.416 e. The quantitative estimate of drug-likeness (QED) is 0.417. The highest BCUT2D eigenvalue weighted by atomic mass is 35.5. The molecular formula is C18H15ClF3N5O2. The van der Waals surface area contributed by atoms with E-state index in [-0.39, 0.29) is 16.8 Å². The number of hydrogen-bond acceptors (Lipinski definition) is 5. The number of aliphatic carboxylic acids is 1. The average Bonchev–Trinajstić information content (AvgIpc) is 3.01. The van der Waals surface area contributed by atoms with Gasteiger partial charge in [0.05, 0.1) is 11.6 Å². The molecule has 152 valence electrons. The number of nitrogens with two attached hydrogens (primary N) is 1. The van der Waals surface area contributed by atoms with Gasteiger partial charge in [-0.05, 0) is 60.0 Å². The van der Waals surface area contributed by atoms with E-state index in [2.05, 4.69) is 15.4 Å². The monoisotopic (exact) mass is 425 g/mol. The lowest BCUT2D eigenvalue weighted by molar-refractivity contribution is -0.137. The van der Waals surface area contributed by atoms with Crippen LogP contribution in [0.2, 0.25) is 5.28 Å². The number of carboxylic acids is 1. The molecule has 0 amide bonds. The number of nitrogen functional groups attached to an aromatic ring is 1. The third-order valence-corrected chi connectivity index (χ3v) is 4.20. The van der Waals surface area contributed by atoms with Crippen LogP contribution in [-0.2, 0) is 11.0 Å². The molecule has 3 rings (SSSR count). The number of anilines is 2. The Bertz CT molecular complexity index is 1110. The van der Waals surface area contributed by atoms with E-state index in [1.165, 1.54) is 16.7 Å². The zero-order valence-electron chi connectivity index (χ0n) is 14.9. The second kappa shape index (κ2) is 7.63. The highest BCUT2D eigenvalue weighted by Crippen LogP contribution is 2.33. The van der Waals surface area contributed by atoms with Gasteiger partial charge in [0.25, 0.3) is 0 Å². The lowest BCUT2D eigenvalue weighted by Crippen LogP contribution is -2.13. The Hall–Kier alpha value is -3.27. The predicted molar refractivity (Wildman–Crippen MR) is 103 cm³/mol. The number of fused-ring (bicyclic) bond motifs is 1. The molecule has 4 N–H and O–H groups in total. The molecular weight excluding hydrogens is 411 g/mol. The van der Waals surface area contributed by atoms with Crippen LogP contribution in [0, 0.1) is 0 Å².